The molecule has 1 aliphatic carbocycles. The fourth-order valence-electron chi connectivity index (χ4n) is 2.57. The minimum Gasteiger partial charge on any atom is -0.352 e. The lowest BCUT2D eigenvalue weighted by Gasteiger charge is -2.21. The predicted octanol–water partition coefficient (Wildman–Crippen LogP) is 2.46. The summed E-state index contributed by atoms with van der Waals surface area (Å²) in [4.78, 5) is 12.0. The largest absolute Gasteiger partial charge is 0.352 e. The Kier molecular flexibility index (Phi) is 4.76. The van der Waals surface area contributed by atoms with Crippen molar-refractivity contribution in [2.24, 2.45) is 11.7 Å². The van der Waals surface area contributed by atoms with Crippen molar-refractivity contribution in [3.05, 3.63) is 35.4 Å². The van der Waals surface area contributed by atoms with Crippen LogP contribution in [0.1, 0.15) is 48.0 Å². The van der Waals surface area contributed by atoms with E-state index in [1.807, 2.05) is 24.3 Å². The van der Waals surface area contributed by atoms with E-state index in [2.05, 4.69) is 5.32 Å². The molecule has 0 spiro atoms. The van der Waals surface area contributed by atoms with Gasteiger partial charge in [-0.3, -0.25) is 4.79 Å². The summed E-state index contributed by atoms with van der Waals surface area (Å²) < 4.78 is 0. The van der Waals surface area contributed by atoms with Crippen molar-refractivity contribution >= 4 is 5.91 Å². The molecule has 18 heavy (non-hydrogen) atoms. The first-order valence-corrected chi connectivity index (χ1v) is 6.87. The van der Waals surface area contributed by atoms with E-state index >= 15 is 0 Å². The molecule has 1 saturated carbocycles. The van der Waals surface area contributed by atoms with Crippen molar-refractivity contribution in [1.82, 2.24) is 5.32 Å². The standard InChI is InChI=1S/C15H22N2O/c16-10-13-7-4-8-14(9-13)15(18)17-11-12-5-2-1-3-6-12/h4,7-9,12H,1-3,5-6,10-11,16H2,(H,17,18). The first-order chi connectivity index (χ1) is 8.79. The van der Waals surface area contributed by atoms with Gasteiger partial charge in [-0.25, -0.2) is 0 Å². The maximum Gasteiger partial charge on any atom is 0.251 e. The number of nitrogens with two attached hydrogens (primary N) is 1. The smallest absolute Gasteiger partial charge is 0.251 e. The molecule has 3 heteroatoms. The zero-order valence-electron chi connectivity index (χ0n) is 10.8. The van der Waals surface area contributed by atoms with Gasteiger partial charge in [0.1, 0.15) is 0 Å². The lowest BCUT2D eigenvalue weighted by atomic mass is 9.89. The first kappa shape index (κ1) is 13.1. The highest BCUT2D eigenvalue weighted by Crippen LogP contribution is 2.22. The topological polar surface area (TPSA) is 55.1 Å². The van der Waals surface area contributed by atoms with E-state index in [-0.39, 0.29) is 5.91 Å². The molecule has 98 valence electrons. The summed E-state index contributed by atoms with van der Waals surface area (Å²) in [5, 5.41) is 3.04. The fraction of sp³-hybridized carbons (Fsp3) is 0.533. The average Bonchev–Trinajstić information content (AvgIpc) is 2.46. The summed E-state index contributed by atoms with van der Waals surface area (Å²) in [5.74, 6) is 0.691. The van der Waals surface area contributed by atoms with Gasteiger partial charge in [-0.2, -0.15) is 0 Å². The number of rotatable bonds is 4. The highest BCUT2D eigenvalue weighted by molar-refractivity contribution is 5.94. The zero-order chi connectivity index (χ0) is 12.8. The van der Waals surface area contributed by atoms with Crippen LogP contribution in [-0.4, -0.2) is 12.5 Å². The number of benzene rings is 1. The average molecular weight is 246 g/mol. The second-order valence-corrected chi connectivity index (χ2v) is 5.12. The number of carbonyl (C=O) groups excluding carboxylic acids is 1. The Morgan fingerprint density at radius 1 is 1.28 bits per heavy atom. The van der Waals surface area contributed by atoms with Crippen molar-refractivity contribution in [2.75, 3.05) is 6.54 Å². The molecule has 0 aliphatic heterocycles. The lowest BCUT2D eigenvalue weighted by molar-refractivity contribution is 0.0943. The minimum absolute atomic E-state index is 0.0240. The van der Waals surface area contributed by atoms with Gasteiger partial charge < -0.3 is 11.1 Å². The molecule has 0 radical (unpaired) electrons. The summed E-state index contributed by atoms with van der Waals surface area (Å²) in [6.45, 7) is 1.29. The van der Waals surface area contributed by atoms with E-state index in [0.29, 0.717) is 18.0 Å². The molecule has 0 aromatic heterocycles. The van der Waals surface area contributed by atoms with E-state index in [0.717, 1.165) is 12.1 Å². The summed E-state index contributed by atoms with van der Waals surface area (Å²) in [6, 6.07) is 7.54. The molecule has 3 N–H and O–H groups in total. The fourth-order valence-corrected chi connectivity index (χ4v) is 2.57. The SMILES string of the molecule is NCc1cccc(C(=O)NCC2CCCCC2)c1. The van der Waals surface area contributed by atoms with Gasteiger partial charge in [-0.05, 0) is 36.5 Å². The molecule has 1 aromatic carbocycles. The van der Waals surface area contributed by atoms with Crippen LogP contribution in [0.4, 0.5) is 0 Å². The molecule has 3 nitrogen and oxygen atoms in total. The van der Waals surface area contributed by atoms with Crippen LogP contribution in [0.25, 0.3) is 0 Å². The Morgan fingerprint density at radius 2 is 2.06 bits per heavy atom. The van der Waals surface area contributed by atoms with Crippen LogP contribution in [0.15, 0.2) is 24.3 Å². The van der Waals surface area contributed by atoms with E-state index < -0.39 is 0 Å². The van der Waals surface area contributed by atoms with Crippen LogP contribution >= 0.6 is 0 Å². The number of amides is 1. The summed E-state index contributed by atoms with van der Waals surface area (Å²) in [5.41, 5.74) is 7.29. The molecule has 0 atom stereocenters. The highest BCUT2D eigenvalue weighted by atomic mass is 16.1. The summed E-state index contributed by atoms with van der Waals surface area (Å²) >= 11 is 0. The van der Waals surface area contributed by atoms with Crippen LogP contribution < -0.4 is 11.1 Å². The van der Waals surface area contributed by atoms with Crippen LogP contribution in [-0.2, 0) is 6.54 Å². The van der Waals surface area contributed by atoms with E-state index in [1.165, 1.54) is 32.1 Å². The molecule has 1 amide bonds. The van der Waals surface area contributed by atoms with Crippen LogP contribution in [0.3, 0.4) is 0 Å². The molecule has 1 fully saturated rings. The van der Waals surface area contributed by atoms with Gasteiger partial charge in [0.15, 0.2) is 0 Å². The maximum absolute atomic E-state index is 12.0. The molecule has 0 heterocycles. The predicted molar refractivity (Wildman–Crippen MR) is 73.2 cm³/mol. The molecule has 1 aliphatic rings. The van der Waals surface area contributed by atoms with Gasteiger partial charge in [-0.15, -0.1) is 0 Å². The number of hydrogen-bond donors (Lipinski definition) is 2. The molecule has 0 bridgehead atoms. The van der Waals surface area contributed by atoms with E-state index in [9.17, 15) is 4.79 Å². The highest BCUT2D eigenvalue weighted by Gasteiger charge is 2.14. The number of nitrogens with one attached hydrogen (secondary N) is 1. The Morgan fingerprint density at radius 3 is 2.78 bits per heavy atom. The molecule has 1 aromatic rings. The van der Waals surface area contributed by atoms with Crippen molar-refractivity contribution < 1.29 is 4.79 Å². The van der Waals surface area contributed by atoms with Crippen molar-refractivity contribution in [1.29, 1.82) is 0 Å². The summed E-state index contributed by atoms with van der Waals surface area (Å²) in [6.07, 6.45) is 6.47. The third-order valence-electron chi connectivity index (χ3n) is 3.70. The van der Waals surface area contributed by atoms with Crippen molar-refractivity contribution in [3.8, 4) is 0 Å². The van der Waals surface area contributed by atoms with Crippen LogP contribution in [0.2, 0.25) is 0 Å². The second-order valence-electron chi connectivity index (χ2n) is 5.12. The van der Waals surface area contributed by atoms with Gasteiger partial charge in [-0.1, -0.05) is 31.4 Å². The van der Waals surface area contributed by atoms with Gasteiger partial charge in [0.05, 0.1) is 0 Å². The van der Waals surface area contributed by atoms with E-state index in [4.69, 9.17) is 5.73 Å². The van der Waals surface area contributed by atoms with Crippen LogP contribution in [0, 0.1) is 5.92 Å². The molecule has 2 rings (SSSR count). The molecular formula is C15H22N2O. The third kappa shape index (κ3) is 3.57. The molecular weight excluding hydrogens is 224 g/mol. The van der Waals surface area contributed by atoms with E-state index in [1.54, 1.807) is 0 Å². The van der Waals surface area contributed by atoms with Gasteiger partial charge in [0.2, 0.25) is 0 Å². The third-order valence-corrected chi connectivity index (χ3v) is 3.70. The molecule has 0 saturated heterocycles. The number of carbonyl (C=O) groups is 1. The van der Waals surface area contributed by atoms with Gasteiger partial charge in [0, 0.05) is 18.7 Å². The monoisotopic (exact) mass is 246 g/mol. The number of hydrogen-bond acceptors (Lipinski definition) is 2. The molecule has 0 unspecified atom stereocenters. The van der Waals surface area contributed by atoms with Crippen LogP contribution in [0.5, 0.6) is 0 Å². The Balaban J connectivity index is 1.86. The van der Waals surface area contributed by atoms with Gasteiger partial charge >= 0.3 is 0 Å². The zero-order valence-corrected chi connectivity index (χ0v) is 10.8. The minimum atomic E-state index is 0.0240. The normalized spacial score (nSPS) is 16.5. The quantitative estimate of drug-likeness (QED) is 0.857. The Bertz CT molecular complexity index is 397. The summed E-state index contributed by atoms with van der Waals surface area (Å²) in [7, 11) is 0. The Labute approximate surface area is 109 Å². The van der Waals surface area contributed by atoms with Crippen molar-refractivity contribution in [2.45, 2.75) is 38.6 Å². The van der Waals surface area contributed by atoms with Crippen molar-refractivity contribution in [3.63, 3.8) is 0 Å². The first-order valence-electron chi connectivity index (χ1n) is 6.87. The second kappa shape index (κ2) is 6.55. The Hall–Kier alpha value is -1.35. The maximum atomic E-state index is 12.0. The lowest BCUT2D eigenvalue weighted by Crippen LogP contribution is -2.30. The van der Waals surface area contributed by atoms with Gasteiger partial charge in [0.25, 0.3) is 5.91 Å².